The summed E-state index contributed by atoms with van der Waals surface area (Å²) in [5.74, 6) is -2.07. The van der Waals surface area contributed by atoms with Gasteiger partial charge in [0.2, 0.25) is 23.0 Å². The quantitative estimate of drug-likeness (QED) is 0.427. The Morgan fingerprint density at radius 2 is 1.97 bits per heavy atom. The lowest BCUT2D eigenvalue weighted by atomic mass is 9.91. The van der Waals surface area contributed by atoms with Crippen LogP contribution in [0.1, 0.15) is 41.4 Å². The summed E-state index contributed by atoms with van der Waals surface area (Å²) in [6.07, 6.45) is 0.785. The van der Waals surface area contributed by atoms with Crippen LogP contribution in [0.4, 0.5) is 5.69 Å². The first-order valence-corrected chi connectivity index (χ1v) is 11.2. The molecule has 9 heteroatoms. The number of hydrogen-bond acceptors (Lipinski definition) is 7. The van der Waals surface area contributed by atoms with Gasteiger partial charge in [0.25, 0.3) is 0 Å². The van der Waals surface area contributed by atoms with Crippen LogP contribution in [0.15, 0.2) is 57.7 Å². The molecule has 1 aliphatic rings. The fourth-order valence-electron chi connectivity index (χ4n) is 4.22. The van der Waals surface area contributed by atoms with E-state index in [0.29, 0.717) is 18.4 Å². The smallest absolute Gasteiger partial charge is 0.246 e. The van der Waals surface area contributed by atoms with Gasteiger partial charge < -0.3 is 30.0 Å². The lowest BCUT2D eigenvalue weighted by molar-refractivity contribution is -0.126. The van der Waals surface area contributed by atoms with Gasteiger partial charge in [0.1, 0.15) is 11.8 Å². The summed E-state index contributed by atoms with van der Waals surface area (Å²) in [6, 6.07) is 12.3. The Morgan fingerprint density at radius 3 is 2.74 bits per heavy atom. The van der Waals surface area contributed by atoms with Gasteiger partial charge in [-0.15, -0.1) is 0 Å². The third kappa shape index (κ3) is 5.13. The number of nitrogens with one attached hydrogen (secondary N) is 2. The van der Waals surface area contributed by atoms with Gasteiger partial charge in [-0.05, 0) is 49.1 Å². The first kappa shape index (κ1) is 23.9. The summed E-state index contributed by atoms with van der Waals surface area (Å²) in [6.45, 7) is 1.56. The molecule has 2 aromatic carbocycles. The number of ether oxygens (including phenoxy) is 1. The number of carbonyl (C=O) groups excluding carboxylic acids is 2. The molecule has 0 fully saturated rings. The molecule has 0 spiro atoms. The van der Waals surface area contributed by atoms with Gasteiger partial charge in [-0.1, -0.05) is 24.3 Å². The van der Waals surface area contributed by atoms with Crippen LogP contribution in [0.3, 0.4) is 0 Å². The molecule has 0 unspecified atom stereocenters. The molecule has 0 bridgehead atoms. The number of rotatable bonds is 6. The topological polar surface area (TPSA) is 138 Å². The highest BCUT2D eigenvalue weighted by atomic mass is 16.5. The number of benzene rings is 2. The number of phenolic OH excluding ortho intramolecular Hbond substituents is 1. The number of carbonyl (C=O) groups is 2. The van der Waals surface area contributed by atoms with E-state index in [1.54, 1.807) is 13.0 Å². The summed E-state index contributed by atoms with van der Waals surface area (Å²) in [7, 11) is 1.38. The van der Waals surface area contributed by atoms with Crippen LogP contribution in [-0.2, 0) is 16.0 Å². The maximum Gasteiger partial charge on any atom is 0.246 e. The zero-order valence-electron chi connectivity index (χ0n) is 19.3. The third-order valence-electron chi connectivity index (χ3n) is 6.01. The van der Waals surface area contributed by atoms with E-state index >= 15 is 0 Å². The van der Waals surface area contributed by atoms with Gasteiger partial charge in [0.05, 0.1) is 13.0 Å². The van der Waals surface area contributed by atoms with Crippen LogP contribution in [-0.4, -0.2) is 35.2 Å². The highest BCUT2D eigenvalue weighted by molar-refractivity contribution is 5.98. The molecular weight excluding hydrogens is 452 g/mol. The molecule has 9 nitrogen and oxygen atoms in total. The average Bonchev–Trinajstić information content (AvgIpc) is 2.99. The van der Waals surface area contributed by atoms with Crippen molar-refractivity contribution in [3.63, 3.8) is 0 Å². The van der Waals surface area contributed by atoms with Crippen molar-refractivity contribution in [1.82, 2.24) is 5.32 Å². The number of hydrogen-bond donors (Lipinski definition) is 4. The van der Waals surface area contributed by atoms with Crippen molar-refractivity contribution in [3.8, 4) is 17.2 Å². The lowest BCUT2D eigenvalue weighted by Crippen LogP contribution is -2.43. The van der Waals surface area contributed by atoms with Crippen molar-refractivity contribution in [2.75, 3.05) is 12.4 Å². The highest BCUT2D eigenvalue weighted by Crippen LogP contribution is 2.37. The first-order chi connectivity index (χ1) is 16.8. The maximum atomic E-state index is 13.1. The number of methoxy groups -OCH3 is 1. The Hall–Kier alpha value is -4.27. The van der Waals surface area contributed by atoms with Gasteiger partial charge >= 0.3 is 0 Å². The average molecular weight is 479 g/mol. The van der Waals surface area contributed by atoms with E-state index in [4.69, 9.17) is 9.15 Å². The third-order valence-corrected chi connectivity index (χ3v) is 6.01. The van der Waals surface area contributed by atoms with Gasteiger partial charge in [-0.3, -0.25) is 14.4 Å². The zero-order valence-corrected chi connectivity index (χ0v) is 19.3. The van der Waals surface area contributed by atoms with Crippen molar-refractivity contribution in [3.05, 3.63) is 81.4 Å². The number of phenols is 1. The van der Waals surface area contributed by atoms with Crippen molar-refractivity contribution >= 4 is 17.5 Å². The summed E-state index contributed by atoms with van der Waals surface area (Å²) < 4.78 is 10.8. The number of aryl methyl sites for hydroxylation is 2. The fourth-order valence-corrected chi connectivity index (χ4v) is 4.22. The Kier molecular flexibility index (Phi) is 6.77. The number of anilines is 1. The van der Waals surface area contributed by atoms with Crippen LogP contribution in [0.2, 0.25) is 0 Å². The molecule has 2 heterocycles. The van der Waals surface area contributed by atoms with E-state index in [-0.39, 0.29) is 35.3 Å². The second-order valence-corrected chi connectivity index (χ2v) is 8.43. The highest BCUT2D eigenvalue weighted by Gasteiger charge is 2.30. The lowest BCUT2D eigenvalue weighted by Gasteiger charge is -2.21. The molecule has 0 saturated heterocycles. The van der Waals surface area contributed by atoms with Gasteiger partial charge in [0.15, 0.2) is 17.3 Å². The fraction of sp³-hybridized carbons (Fsp3) is 0.269. The number of fused-ring (bicyclic) bond motifs is 1. The standard InChI is InChI=1S/C26H26N2O7/c1-14-11-21(30)24(32)25(35-14)17(16-8-10-20(29)22(12-16)34-2)13-23(31)27-19-9-7-15-5-3-4-6-18(15)28-26(19)33/h3-6,8,10-12,17,19,29,32H,7,9,13H2,1-2H3,(H,27,31)(H,28,33)/t17-,19+/m1/s1. The largest absolute Gasteiger partial charge is 0.504 e. The van der Waals surface area contributed by atoms with Crippen molar-refractivity contribution in [2.24, 2.45) is 0 Å². The Morgan fingerprint density at radius 1 is 1.20 bits per heavy atom. The second kappa shape index (κ2) is 9.92. The summed E-state index contributed by atoms with van der Waals surface area (Å²) in [5, 5.41) is 26.1. The molecule has 4 N–H and O–H groups in total. The second-order valence-electron chi connectivity index (χ2n) is 8.43. The molecule has 4 rings (SSSR count). The van der Waals surface area contributed by atoms with E-state index in [1.807, 2.05) is 24.3 Å². The van der Waals surface area contributed by atoms with Crippen LogP contribution in [0.25, 0.3) is 0 Å². The molecule has 3 aromatic rings. The van der Waals surface area contributed by atoms with E-state index in [1.165, 1.54) is 19.2 Å². The molecule has 2 atom stereocenters. The normalized spacial score (nSPS) is 15.9. The predicted molar refractivity (Wildman–Crippen MR) is 128 cm³/mol. The minimum atomic E-state index is -0.886. The zero-order chi connectivity index (χ0) is 25.1. The Balaban J connectivity index is 1.62. The Labute approximate surface area is 201 Å². The number of aromatic hydroxyl groups is 2. The predicted octanol–water partition coefficient (Wildman–Crippen LogP) is 2.96. The van der Waals surface area contributed by atoms with Crippen molar-refractivity contribution in [2.45, 2.75) is 38.1 Å². The molecular formula is C26H26N2O7. The first-order valence-electron chi connectivity index (χ1n) is 11.2. The van der Waals surface area contributed by atoms with E-state index in [2.05, 4.69) is 10.6 Å². The summed E-state index contributed by atoms with van der Waals surface area (Å²) in [4.78, 5) is 38.1. The summed E-state index contributed by atoms with van der Waals surface area (Å²) >= 11 is 0. The molecule has 1 aromatic heterocycles. The molecule has 182 valence electrons. The van der Waals surface area contributed by atoms with Crippen LogP contribution < -0.4 is 20.8 Å². The van der Waals surface area contributed by atoms with E-state index in [9.17, 15) is 24.6 Å². The minimum Gasteiger partial charge on any atom is -0.504 e. The molecule has 0 aliphatic carbocycles. The van der Waals surface area contributed by atoms with Gasteiger partial charge in [-0.25, -0.2) is 0 Å². The van der Waals surface area contributed by atoms with Gasteiger partial charge in [-0.2, -0.15) is 0 Å². The minimum absolute atomic E-state index is 0.0874. The monoisotopic (exact) mass is 478 g/mol. The molecule has 35 heavy (non-hydrogen) atoms. The van der Waals surface area contributed by atoms with Crippen LogP contribution in [0, 0.1) is 6.92 Å². The SMILES string of the molecule is COc1cc([C@@H](CC(=O)N[C@H]2CCc3ccccc3NC2=O)c2oc(C)cc(=O)c2O)ccc1O. The number of para-hydroxylation sites is 1. The molecule has 1 aliphatic heterocycles. The van der Waals surface area contributed by atoms with E-state index in [0.717, 1.165) is 17.3 Å². The van der Waals surface area contributed by atoms with Gasteiger partial charge in [0, 0.05) is 18.2 Å². The maximum absolute atomic E-state index is 13.1. The molecule has 2 amide bonds. The van der Waals surface area contributed by atoms with Crippen molar-refractivity contribution in [1.29, 1.82) is 0 Å². The van der Waals surface area contributed by atoms with Crippen molar-refractivity contribution < 1.29 is 29.0 Å². The molecule has 0 radical (unpaired) electrons. The van der Waals surface area contributed by atoms with Crippen LogP contribution in [0.5, 0.6) is 17.2 Å². The molecule has 0 saturated carbocycles. The van der Waals surface area contributed by atoms with E-state index < -0.39 is 29.0 Å². The Bertz CT molecular complexity index is 1330. The van der Waals surface area contributed by atoms with Crippen LogP contribution >= 0.6 is 0 Å². The number of amides is 2. The summed E-state index contributed by atoms with van der Waals surface area (Å²) in [5.41, 5.74) is 1.53.